The Hall–Kier alpha value is -4.51. The summed E-state index contributed by atoms with van der Waals surface area (Å²) >= 11 is 1.45. The average molecular weight is 489 g/mol. The van der Waals surface area contributed by atoms with Crippen molar-refractivity contribution in [1.82, 2.24) is 24.1 Å². The minimum Gasteiger partial charge on any atom is -0.497 e. The molecule has 0 fully saturated rings. The van der Waals surface area contributed by atoms with Crippen molar-refractivity contribution < 1.29 is 4.74 Å². The first-order valence-electron chi connectivity index (χ1n) is 10.7. The average Bonchev–Trinajstić information content (AvgIpc) is 3.28. The summed E-state index contributed by atoms with van der Waals surface area (Å²) in [4.78, 5) is 49.8. The van der Waals surface area contributed by atoms with Crippen LogP contribution in [0.25, 0.3) is 10.2 Å². The van der Waals surface area contributed by atoms with E-state index in [1.807, 2.05) is 24.3 Å². The highest BCUT2D eigenvalue weighted by Gasteiger charge is 2.17. The van der Waals surface area contributed by atoms with Crippen molar-refractivity contribution in [1.29, 1.82) is 0 Å². The first kappa shape index (κ1) is 22.3. The van der Waals surface area contributed by atoms with Gasteiger partial charge in [0.15, 0.2) is 0 Å². The number of hydrogen-bond donors (Lipinski definition) is 2. The molecular weight excluding hydrogens is 468 g/mol. The Morgan fingerprint density at radius 1 is 0.943 bits per heavy atom. The molecular formula is C24H20N6O4S. The predicted molar refractivity (Wildman–Crippen MR) is 134 cm³/mol. The fourth-order valence-corrected chi connectivity index (χ4v) is 4.54. The molecule has 35 heavy (non-hydrogen) atoms. The van der Waals surface area contributed by atoms with Crippen molar-refractivity contribution >= 4 is 33.2 Å². The summed E-state index contributed by atoms with van der Waals surface area (Å²) < 4.78 is 8.46. The normalized spacial score (nSPS) is 11.0. The van der Waals surface area contributed by atoms with Crippen molar-refractivity contribution in [2.45, 2.75) is 13.1 Å². The van der Waals surface area contributed by atoms with E-state index < -0.39 is 11.4 Å². The maximum Gasteiger partial charge on any atom is 0.355 e. The van der Waals surface area contributed by atoms with Gasteiger partial charge in [-0.3, -0.25) is 9.36 Å². The summed E-state index contributed by atoms with van der Waals surface area (Å²) in [5.41, 5.74) is -0.0408. The molecule has 10 nitrogen and oxygen atoms in total. The molecule has 2 N–H and O–H groups in total. The Balaban J connectivity index is 1.60. The Kier molecular flexibility index (Phi) is 5.98. The molecule has 2 aromatic carbocycles. The standard InChI is InChI=1S/C24H20N6O4S/c1-34-17-10-8-16(9-11-17)26-22-28-23(32)30(13-15-5-4-12-25-21(15)31)24(33)29(22)14-20-27-18-6-2-3-7-19(18)35-20/h2-12H,13-14H2,1H3,(H,25,31)(H,26,28,32). The van der Waals surface area contributed by atoms with Crippen molar-refractivity contribution in [3.05, 3.63) is 109 Å². The zero-order valence-electron chi connectivity index (χ0n) is 18.6. The fourth-order valence-electron chi connectivity index (χ4n) is 3.58. The molecule has 0 saturated carbocycles. The van der Waals surface area contributed by atoms with Crippen molar-refractivity contribution in [3.63, 3.8) is 0 Å². The number of fused-ring (bicyclic) bond motifs is 1. The summed E-state index contributed by atoms with van der Waals surface area (Å²) in [6.07, 6.45) is 1.49. The quantitative estimate of drug-likeness (QED) is 0.361. The lowest BCUT2D eigenvalue weighted by Gasteiger charge is -2.15. The van der Waals surface area contributed by atoms with Crippen LogP contribution in [0, 0.1) is 0 Å². The first-order valence-corrected chi connectivity index (χ1v) is 11.5. The largest absolute Gasteiger partial charge is 0.497 e. The Labute approximate surface area is 202 Å². The van der Waals surface area contributed by atoms with Gasteiger partial charge in [0, 0.05) is 17.4 Å². The van der Waals surface area contributed by atoms with E-state index in [9.17, 15) is 14.4 Å². The van der Waals surface area contributed by atoms with E-state index in [4.69, 9.17) is 4.74 Å². The van der Waals surface area contributed by atoms with Crippen molar-refractivity contribution in [3.8, 4) is 5.75 Å². The molecule has 0 spiro atoms. The molecule has 0 bridgehead atoms. The van der Waals surface area contributed by atoms with E-state index in [2.05, 4.69) is 20.3 Å². The number of pyridine rings is 1. The molecule has 11 heteroatoms. The predicted octanol–water partition coefficient (Wildman–Crippen LogP) is 2.55. The van der Waals surface area contributed by atoms with Crippen LogP contribution in [0.2, 0.25) is 0 Å². The molecule has 3 heterocycles. The second-order valence-corrected chi connectivity index (χ2v) is 8.74. The second-order valence-electron chi connectivity index (χ2n) is 7.63. The summed E-state index contributed by atoms with van der Waals surface area (Å²) in [5, 5.41) is 3.73. The highest BCUT2D eigenvalue weighted by molar-refractivity contribution is 7.18. The lowest BCUT2D eigenvalue weighted by atomic mass is 10.3. The zero-order chi connectivity index (χ0) is 24.4. The van der Waals surface area contributed by atoms with Gasteiger partial charge in [-0.25, -0.2) is 19.1 Å². The van der Waals surface area contributed by atoms with Gasteiger partial charge in [-0.2, -0.15) is 4.98 Å². The smallest absolute Gasteiger partial charge is 0.355 e. The number of benzene rings is 2. The molecule has 5 rings (SSSR count). The maximum atomic E-state index is 13.5. The third kappa shape index (κ3) is 4.62. The minimum absolute atomic E-state index is 0.0719. The van der Waals surface area contributed by atoms with Crippen LogP contribution in [0.1, 0.15) is 10.6 Å². The van der Waals surface area contributed by atoms with E-state index in [1.165, 1.54) is 22.1 Å². The Morgan fingerprint density at radius 3 is 2.49 bits per heavy atom. The molecule has 3 aromatic heterocycles. The molecule has 0 aliphatic carbocycles. The van der Waals surface area contributed by atoms with Gasteiger partial charge < -0.3 is 15.0 Å². The van der Waals surface area contributed by atoms with E-state index in [0.717, 1.165) is 14.8 Å². The maximum absolute atomic E-state index is 13.5. The van der Waals surface area contributed by atoms with Gasteiger partial charge in [0.25, 0.3) is 5.56 Å². The third-order valence-corrected chi connectivity index (χ3v) is 6.38. The number of aromatic nitrogens is 5. The molecule has 0 radical (unpaired) electrons. The number of ether oxygens (including phenoxy) is 1. The van der Waals surface area contributed by atoms with Gasteiger partial charge in [-0.1, -0.05) is 18.2 Å². The van der Waals surface area contributed by atoms with Gasteiger partial charge in [0.1, 0.15) is 10.8 Å². The summed E-state index contributed by atoms with van der Waals surface area (Å²) in [5.74, 6) is 0.738. The first-order chi connectivity index (χ1) is 17.0. The van der Waals surface area contributed by atoms with Crippen LogP contribution >= 0.6 is 11.3 Å². The number of H-pyrrole nitrogens is 1. The number of para-hydroxylation sites is 1. The number of aromatic amines is 1. The van der Waals surface area contributed by atoms with Crippen LogP contribution in [0.3, 0.4) is 0 Å². The highest BCUT2D eigenvalue weighted by atomic mass is 32.1. The van der Waals surface area contributed by atoms with Crippen LogP contribution < -0.4 is 27.0 Å². The number of anilines is 2. The van der Waals surface area contributed by atoms with Gasteiger partial charge in [-0.15, -0.1) is 11.3 Å². The topological polar surface area (TPSA) is 124 Å². The lowest BCUT2D eigenvalue weighted by Crippen LogP contribution is -2.43. The number of rotatable bonds is 7. The Morgan fingerprint density at radius 2 is 1.74 bits per heavy atom. The zero-order valence-corrected chi connectivity index (χ0v) is 19.4. The minimum atomic E-state index is -0.769. The van der Waals surface area contributed by atoms with Crippen LogP contribution in [0.15, 0.2) is 81.2 Å². The van der Waals surface area contributed by atoms with Gasteiger partial charge in [0.2, 0.25) is 5.95 Å². The molecule has 0 atom stereocenters. The van der Waals surface area contributed by atoms with E-state index in [-0.39, 0.29) is 30.2 Å². The number of methoxy groups -OCH3 is 1. The number of hydrogen-bond acceptors (Lipinski definition) is 8. The van der Waals surface area contributed by atoms with Gasteiger partial charge >= 0.3 is 11.4 Å². The van der Waals surface area contributed by atoms with Crippen LogP contribution in [0.5, 0.6) is 5.75 Å². The second kappa shape index (κ2) is 9.39. The van der Waals surface area contributed by atoms with E-state index in [1.54, 1.807) is 43.5 Å². The summed E-state index contributed by atoms with van der Waals surface area (Å²) in [6.45, 7) is -0.113. The molecule has 0 unspecified atom stereocenters. The summed E-state index contributed by atoms with van der Waals surface area (Å²) in [6, 6.07) is 17.9. The van der Waals surface area contributed by atoms with Gasteiger partial charge in [-0.05, 0) is 42.5 Å². The lowest BCUT2D eigenvalue weighted by molar-refractivity contribution is 0.415. The molecule has 176 valence electrons. The Bertz CT molecular complexity index is 1650. The SMILES string of the molecule is COc1ccc(Nc2nc(=O)n(Cc3ccc[nH]c3=O)c(=O)n2Cc2nc3ccccc3s2)cc1. The number of thiazole rings is 1. The van der Waals surface area contributed by atoms with E-state index in [0.29, 0.717) is 16.4 Å². The monoisotopic (exact) mass is 488 g/mol. The fraction of sp³-hybridized carbons (Fsp3) is 0.125. The van der Waals surface area contributed by atoms with Crippen LogP contribution in [-0.2, 0) is 13.1 Å². The van der Waals surface area contributed by atoms with Crippen molar-refractivity contribution in [2.24, 2.45) is 0 Å². The highest BCUT2D eigenvalue weighted by Crippen LogP contribution is 2.23. The van der Waals surface area contributed by atoms with Crippen LogP contribution in [-0.4, -0.2) is 31.2 Å². The van der Waals surface area contributed by atoms with E-state index >= 15 is 0 Å². The molecule has 0 amide bonds. The molecule has 5 aromatic rings. The molecule has 0 saturated heterocycles. The number of nitrogens with zero attached hydrogens (tertiary/aromatic N) is 4. The number of nitrogens with one attached hydrogen (secondary N) is 2. The molecule has 0 aliphatic rings. The summed E-state index contributed by atoms with van der Waals surface area (Å²) in [7, 11) is 1.57. The van der Waals surface area contributed by atoms with Gasteiger partial charge in [0.05, 0.1) is 30.4 Å². The van der Waals surface area contributed by atoms with Crippen LogP contribution in [0.4, 0.5) is 11.6 Å². The third-order valence-electron chi connectivity index (χ3n) is 5.36. The van der Waals surface area contributed by atoms with Crippen molar-refractivity contribution in [2.75, 3.05) is 12.4 Å². The molecule has 0 aliphatic heterocycles.